The summed E-state index contributed by atoms with van der Waals surface area (Å²) in [5.41, 5.74) is 5.92. The van der Waals surface area contributed by atoms with E-state index in [9.17, 15) is 10.2 Å². The molecule has 1 saturated heterocycles. The van der Waals surface area contributed by atoms with Crippen LogP contribution in [0.25, 0.3) is 10.9 Å². The molecule has 0 spiro atoms. The van der Waals surface area contributed by atoms with Crippen LogP contribution in [0.3, 0.4) is 0 Å². The average molecular weight is 453 g/mol. The predicted octanol–water partition coefficient (Wildman–Crippen LogP) is 4.90. The van der Waals surface area contributed by atoms with E-state index < -0.39 is 11.0 Å². The van der Waals surface area contributed by atoms with E-state index in [1.54, 1.807) is 6.07 Å². The number of phenolic OH excluding ortho intramolecular Hbond substituents is 1. The first-order chi connectivity index (χ1) is 16.5. The molecule has 2 heterocycles. The lowest BCUT2D eigenvalue weighted by atomic mass is 9.56. The van der Waals surface area contributed by atoms with Gasteiger partial charge < -0.3 is 20.1 Å². The van der Waals surface area contributed by atoms with Crippen LogP contribution in [0.15, 0.2) is 72.8 Å². The van der Waals surface area contributed by atoms with Gasteiger partial charge in [0.25, 0.3) is 0 Å². The molecular formula is C30H32N2O2. The van der Waals surface area contributed by atoms with Gasteiger partial charge in [-0.1, -0.05) is 54.6 Å². The number of aromatic nitrogens is 1. The molecule has 1 aliphatic carbocycles. The van der Waals surface area contributed by atoms with Crippen LogP contribution in [0.2, 0.25) is 0 Å². The van der Waals surface area contributed by atoms with Gasteiger partial charge in [0.2, 0.25) is 0 Å². The van der Waals surface area contributed by atoms with Crippen LogP contribution in [-0.4, -0.2) is 45.3 Å². The molecule has 1 fully saturated rings. The molecule has 4 aromatic rings. The topological polar surface area (TPSA) is 59.5 Å². The molecule has 2 aliphatic rings. The molecule has 4 nitrogen and oxygen atoms in total. The van der Waals surface area contributed by atoms with E-state index >= 15 is 0 Å². The smallest absolute Gasteiger partial charge is 0.115 e. The summed E-state index contributed by atoms with van der Waals surface area (Å²) in [6.07, 6.45) is 3.20. The van der Waals surface area contributed by atoms with Crippen molar-refractivity contribution < 1.29 is 10.2 Å². The van der Waals surface area contributed by atoms with Crippen molar-refractivity contribution in [1.29, 1.82) is 0 Å². The number of H-pyrrole nitrogens is 1. The van der Waals surface area contributed by atoms with E-state index in [1.807, 2.05) is 12.1 Å². The highest BCUT2D eigenvalue weighted by molar-refractivity contribution is 5.88. The van der Waals surface area contributed by atoms with Gasteiger partial charge in [-0.2, -0.15) is 0 Å². The number of piperidine rings is 1. The van der Waals surface area contributed by atoms with E-state index in [-0.39, 0.29) is 5.75 Å². The first-order valence-electron chi connectivity index (χ1n) is 12.3. The molecule has 3 aromatic carbocycles. The standard InChI is InChI=1S/C30H32N2O2/c1-21-7-5-12-26-28(21)25-18-30(34)20-32(15-13-22-8-3-2-4-9-22)16-14-29(30,19-27(25)31-26)23-10-6-11-24(33)17-23/h2-12,17,31,33-34H,13-16,18-20H2,1H3/t29-,30-/m0/s1. The van der Waals surface area contributed by atoms with Gasteiger partial charge in [-0.3, -0.25) is 0 Å². The van der Waals surface area contributed by atoms with E-state index in [2.05, 4.69) is 71.4 Å². The van der Waals surface area contributed by atoms with Crippen molar-refractivity contribution >= 4 is 10.9 Å². The van der Waals surface area contributed by atoms with Crippen LogP contribution >= 0.6 is 0 Å². The lowest BCUT2D eigenvalue weighted by molar-refractivity contribution is -0.102. The minimum absolute atomic E-state index is 0.263. The Hall–Kier alpha value is -3.08. The number of β-amino-alcohol motifs (C(OH)–C–C–N with tert-alkyl or cyclic N) is 1. The fraction of sp³-hybridized carbons (Fsp3) is 0.333. The minimum Gasteiger partial charge on any atom is -0.508 e. The number of hydrogen-bond acceptors (Lipinski definition) is 3. The molecule has 1 aromatic heterocycles. The van der Waals surface area contributed by atoms with Crippen LogP contribution in [0, 0.1) is 6.92 Å². The number of aryl methyl sites for hydroxylation is 1. The summed E-state index contributed by atoms with van der Waals surface area (Å²) < 4.78 is 0. The highest BCUT2D eigenvalue weighted by Gasteiger charge is 2.57. The molecule has 0 unspecified atom stereocenters. The van der Waals surface area contributed by atoms with Gasteiger partial charge in [-0.15, -0.1) is 0 Å². The number of fused-ring (bicyclic) bond motifs is 4. The monoisotopic (exact) mass is 452 g/mol. The molecule has 0 amide bonds. The Bertz CT molecular complexity index is 1340. The third-order valence-electron chi connectivity index (χ3n) is 8.36. The second kappa shape index (κ2) is 8.00. The second-order valence-electron chi connectivity index (χ2n) is 10.4. The number of nitrogens with one attached hydrogen (secondary N) is 1. The number of aromatic amines is 1. The highest BCUT2D eigenvalue weighted by Crippen LogP contribution is 2.52. The normalized spacial score (nSPS) is 24.6. The molecule has 3 N–H and O–H groups in total. The van der Waals surface area contributed by atoms with Crippen LogP contribution in [0.5, 0.6) is 5.75 Å². The van der Waals surface area contributed by atoms with Gasteiger partial charge in [-0.05, 0) is 66.8 Å². The number of hydrogen-bond donors (Lipinski definition) is 3. The Morgan fingerprint density at radius 2 is 1.79 bits per heavy atom. The van der Waals surface area contributed by atoms with Gasteiger partial charge in [0, 0.05) is 47.9 Å². The fourth-order valence-electron chi connectivity index (χ4n) is 6.60. The lowest BCUT2D eigenvalue weighted by Gasteiger charge is -2.56. The molecule has 0 saturated carbocycles. The van der Waals surface area contributed by atoms with Gasteiger partial charge in [0.1, 0.15) is 5.75 Å². The summed E-state index contributed by atoms with van der Waals surface area (Å²) in [5.74, 6) is 0.263. The summed E-state index contributed by atoms with van der Waals surface area (Å²) in [4.78, 5) is 6.12. The van der Waals surface area contributed by atoms with Crippen LogP contribution in [0.1, 0.15) is 34.4 Å². The zero-order valence-corrected chi connectivity index (χ0v) is 19.7. The Kier molecular flexibility index (Phi) is 5.05. The fourth-order valence-corrected chi connectivity index (χ4v) is 6.60. The van der Waals surface area contributed by atoms with Crippen molar-refractivity contribution in [3.05, 3.63) is 101 Å². The Morgan fingerprint density at radius 3 is 2.62 bits per heavy atom. The van der Waals surface area contributed by atoms with Gasteiger partial charge in [0.15, 0.2) is 0 Å². The first-order valence-corrected chi connectivity index (χ1v) is 12.3. The van der Waals surface area contributed by atoms with Gasteiger partial charge in [-0.25, -0.2) is 0 Å². The zero-order chi connectivity index (χ0) is 23.3. The van der Waals surface area contributed by atoms with E-state index in [4.69, 9.17) is 0 Å². The Balaban J connectivity index is 1.41. The number of likely N-dealkylation sites (tertiary alicyclic amines) is 1. The highest BCUT2D eigenvalue weighted by atomic mass is 16.3. The van der Waals surface area contributed by atoms with Crippen LogP contribution in [-0.2, 0) is 24.7 Å². The molecular weight excluding hydrogens is 420 g/mol. The first kappa shape index (κ1) is 21.5. The summed E-state index contributed by atoms with van der Waals surface area (Å²) in [7, 11) is 0. The number of aliphatic hydroxyl groups is 1. The summed E-state index contributed by atoms with van der Waals surface area (Å²) >= 11 is 0. The molecule has 6 rings (SSSR count). The summed E-state index contributed by atoms with van der Waals surface area (Å²) in [5, 5.41) is 24.1. The van der Waals surface area contributed by atoms with E-state index in [1.165, 1.54) is 27.8 Å². The van der Waals surface area contributed by atoms with Crippen molar-refractivity contribution in [2.45, 2.75) is 43.6 Å². The van der Waals surface area contributed by atoms with E-state index in [0.29, 0.717) is 13.0 Å². The number of benzene rings is 3. The maximum Gasteiger partial charge on any atom is 0.115 e. The molecule has 4 heteroatoms. The quantitative estimate of drug-likeness (QED) is 0.413. The zero-order valence-electron chi connectivity index (χ0n) is 19.7. The minimum atomic E-state index is -0.917. The van der Waals surface area contributed by atoms with Crippen molar-refractivity contribution in [1.82, 2.24) is 9.88 Å². The van der Waals surface area contributed by atoms with Gasteiger partial charge in [0.05, 0.1) is 5.60 Å². The van der Waals surface area contributed by atoms with Crippen molar-refractivity contribution in [3.63, 3.8) is 0 Å². The maximum atomic E-state index is 12.5. The molecule has 34 heavy (non-hydrogen) atoms. The number of phenols is 1. The summed E-state index contributed by atoms with van der Waals surface area (Å²) in [6.45, 7) is 4.65. The molecule has 174 valence electrons. The van der Waals surface area contributed by atoms with Crippen LogP contribution in [0.4, 0.5) is 0 Å². The lowest BCUT2D eigenvalue weighted by Crippen LogP contribution is -2.66. The molecule has 1 aliphatic heterocycles. The van der Waals surface area contributed by atoms with Crippen molar-refractivity contribution in [2.75, 3.05) is 19.6 Å². The molecule has 0 radical (unpaired) electrons. The predicted molar refractivity (Wildman–Crippen MR) is 136 cm³/mol. The number of aromatic hydroxyl groups is 1. The largest absolute Gasteiger partial charge is 0.508 e. The maximum absolute atomic E-state index is 12.5. The third-order valence-corrected chi connectivity index (χ3v) is 8.36. The third kappa shape index (κ3) is 3.36. The van der Waals surface area contributed by atoms with E-state index in [0.717, 1.165) is 43.4 Å². The summed E-state index contributed by atoms with van der Waals surface area (Å²) in [6, 6.07) is 24.6. The number of rotatable bonds is 4. The van der Waals surface area contributed by atoms with Crippen molar-refractivity contribution in [2.24, 2.45) is 0 Å². The second-order valence-corrected chi connectivity index (χ2v) is 10.4. The van der Waals surface area contributed by atoms with Gasteiger partial charge >= 0.3 is 0 Å². The Labute approximate surface area is 200 Å². The van der Waals surface area contributed by atoms with Crippen molar-refractivity contribution in [3.8, 4) is 5.75 Å². The molecule has 2 atom stereocenters. The average Bonchev–Trinajstić information content (AvgIpc) is 3.19. The molecule has 0 bridgehead atoms. The number of nitrogens with zero attached hydrogens (tertiary/aromatic N) is 1. The van der Waals surface area contributed by atoms with Crippen LogP contribution < -0.4 is 0 Å². The Morgan fingerprint density at radius 1 is 0.971 bits per heavy atom. The SMILES string of the molecule is Cc1cccc2[nH]c3c(c12)C[C@]1(O)CN(CCc2ccccc2)CC[C@@]1(c1cccc(O)c1)C3.